The average Bonchev–Trinajstić information content (AvgIpc) is 3.22. The fraction of sp³-hybridized carbons (Fsp3) is 0.600. The standard InChI is InChI=1S/C20H30N4O3.2ClH/c21-18(15-7-13-27-14-8-15)20(26)23-17-5-3-16(4-6-17)19(25)22-9-12-24-10-1-2-11-24;;/h3-6,15,18H,1-2,7-14,21H2,(H,22,25)(H,23,26);2*1H. The monoisotopic (exact) mass is 446 g/mol. The molecule has 3 rings (SSSR count). The second-order valence-corrected chi connectivity index (χ2v) is 7.35. The molecular formula is C20H32Cl2N4O3. The van der Waals surface area contributed by atoms with Crippen LogP contribution in [0, 0.1) is 5.92 Å². The van der Waals surface area contributed by atoms with E-state index in [1.54, 1.807) is 24.3 Å². The summed E-state index contributed by atoms with van der Waals surface area (Å²) >= 11 is 0. The van der Waals surface area contributed by atoms with Crippen molar-refractivity contribution in [1.82, 2.24) is 10.2 Å². The van der Waals surface area contributed by atoms with Gasteiger partial charge in [0.15, 0.2) is 0 Å². The van der Waals surface area contributed by atoms with E-state index < -0.39 is 6.04 Å². The van der Waals surface area contributed by atoms with Gasteiger partial charge < -0.3 is 26.0 Å². The van der Waals surface area contributed by atoms with Crippen molar-refractivity contribution in [3.8, 4) is 0 Å². The van der Waals surface area contributed by atoms with Gasteiger partial charge in [-0.05, 0) is 69.0 Å². The first-order valence-electron chi connectivity index (χ1n) is 9.88. The number of likely N-dealkylation sites (tertiary alicyclic amines) is 1. The van der Waals surface area contributed by atoms with Crippen LogP contribution in [0.2, 0.25) is 0 Å². The van der Waals surface area contributed by atoms with Gasteiger partial charge in [0.25, 0.3) is 5.91 Å². The van der Waals surface area contributed by atoms with Crippen molar-refractivity contribution in [3.63, 3.8) is 0 Å². The maximum absolute atomic E-state index is 12.3. The van der Waals surface area contributed by atoms with Crippen LogP contribution in [0.5, 0.6) is 0 Å². The summed E-state index contributed by atoms with van der Waals surface area (Å²) in [5.41, 5.74) is 7.32. The fourth-order valence-electron chi connectivity index (χ4n) is 3.66. The highest BCUT2D eigenvalue weighted by atomic mass is 35.5. The Morgan fingerprint density at radius 3 is 2.34 bits per heavy atom. The third-order valence-electron chi connectivity index (χ3n) is 5.40. The number of carbonyl (C=O) groups excluding carboxylic acids is 2. The third kappa shape index (κ3) is 7.75. The van der Waals surface area contributed by atoms with E-state index in [-0.39, 0.29) is 42.5 Å². The van der Waals surface area contributed by atoms with Gasteiger partial charge in [-0.2, -0.15) is 0 Å². The van der Waals surface area contributed by atoms with Gasteiger partial charge in [-0.1, -0.05) is 0 Å². The number of nitrogens with two attached hydrogens (primary N) is 1. The molecule has 9 heteroatoms. The maximum atomic E-state index is 12.3. The van der Waals surface area contributed by atoms with Crippen LogP contribution in [0.3, 0.4) is 0 Å². The SMILES string of the molecule is Cl.Cl.NC(C(=O)Nc1ccc(C(=O)NCCN2CCCC2)cc1)C1CCOCC1. The number of benzene rings is 1. The number of ether oxygens (including phenoxy) is 1. The Labute approximate surface area is 184 Å². The summed E-state index contributed by atoms with van der Waals surface area (Å²) in [6, 6.07) is 6.39. The lowest BCUT2D eigenvalue weighted by molar-refractivity contribution is -0.119. The van der Waals surface area contributed by atoms with Gasteiger partial charge in [-0.15, -0.1) is 24.8 Å². The zero-order chi connectivity index (χ0) is 19.1. The third-order valence-corrected chi connectivity index (χ3v) is 5.40. The Hall–Kier alpha value is -1.38. The molecular weight excluding hydrogens is 415 g/mol. The van der Waals surface area contributed by atoms with Gasteiger partial charge in [-0.25, -0.2) is 0 Å². The quantitative estimate of drug-likeness (QED) is 0.595. The van der Waals surface area contributed by atoms with Gasteiger partial charge in [0.2, 0.25) is 5.91 Å². The average molecular weight is 447 g/mol. The summed E-state index contributed by atoms with van der Waals surface area (Å²) in [5.74, 6) is -0.130. The second-order valence-electron chi connectivity index (χ2n) is 7.35. The molecule has 0 aliphatic carbocycles. The predicted octanol–water partition coefficient (Wildman–Crippen LogP) is 2.05. The topological polar surface area (TPSA) is 96.7 Å². The van der Waals surface area contributed by atoms with Crippen LogP contribution in [-0.4, -0.2) is 62.1 Å². The Morgan fingerprint density at radius 1 is 1.10 bits per heavy atom. The molecule has 2 amide bonds. The van der Waals surface area contributed by atoms with Gasteiger partial charge in [-0.3, -0.25) is 9.59 Å². The first-order valence-corrected chi connectivity index (χ1v) is 9.88. The fourth-order valence-corrected chi connectivity index (χ4v) is 3.66. The van der Waals surface area contributed by atoms with E-state index in [1.165, 1.54) is 12.8 Å². The summed E-state index contributed by atoms with van der Waals surface area (Å²) in [7, 11) is 0. The Kier molecular flexibility index (Phi) is 11.5. The molecule has 7 nitrogen and oxygen atoms in total. The van der Waals surface area contributed by atoms with Crippen LogP contribution in [-0.2, 0) is 9.53 Å². The molecule has 29 heavy (non-hydrogen) atoms. The van der Waals surface area contributed by atoms with Gasteiger partial charge in [0.1, 0.15) is 0 Å². The highest BCUT2D eigenvalue weighted by molar-refractivity contribution is 5.97. The Balaban J connectivity index is 0.00000210. The molecule has 2 saturated heterocycles. The number of hydrogen-bond donors (Lipinski definition) is 3. The first-order chi connectivity index (χ1) is 13.1. The predicted molar refractivity (Wildman–Crippen MR) is 119 cm³/mol. The number of nitrogens with zero attached hydrogens (tertiary/aromatic N) is 1. The molecule has 1 atom stereocenters. The minimum absolute atomic E-state index is 0. The highest BCUT2D eigenvalue weighted by Gasteiger charge is 2.26. The zero-order valence-electron chi connectivity index (χ0n) is 16.6. The minimum atomic E-state index is -0.539. The molecule has 2 aliphatic heterocycles. The number of carbonyl (C=O) groups is 2. The summed E-state index contributed by atoms with van der Waals surface area (Å²) in [4.78, 5) is 26.9. The van der Waals surface area contributed by atoms with Gasteiger partial charge >= 0.3 is 0 Å². The molecule has 1 aromatic carbocycles. The molecule has 164 valence electrons. The first kappa shape index (κ1) is 25.7. The van der Waals surface area contributed by atoms with Crippen molar-refractivity contribution < 1.29 is 14.3 Å². The van der Waals surface area contributed by atoms with Crippen LogP contribution in [0.15, 0.2) is 24.3 Å². The lowest BCUT2D eigenvalue weighted by Gasteiger charge is -2.26. The Bertz CT molecular complexity index is 633. The van der Waals surface area contributed by atoms with E-state index in [1.807, 2.05) is 0 Å². The van der Waals surface area contributed by atoms with Crippen molar-refractivity contribution in [1.29, 1.82) is 0 Å². The summed E-state index contributed by atoms with van der Waals surface area (Å²) in [6.45, 7) is 5.11. The number of hydrogen-bond acceptors (Lipinski definition) is 5. The Morgan fingerprint density at radius 2 is 1.72 bits per heavy atom. The lowest BCUT2D eigenvalue weighted by atomic mass is 9.92. The van der Waals surface area contributed by atoms with Crippen LogP contribution in [0.25, 0.3) is 0 Å². The normalized spacial score (nSPS) is 18.2. The molecule has 0 radical (unpaired) electrons. The van der Waals surface area contributed by atoms with Crippen molar-refractivity contribution >= 4 is 42.3 Å². The van der Waals surface area contributed by atoms with Crippen LogP contribution in [0.4, 0.5) is 5.69 Å². The molecule has 4 N–H and O–H groups in total. The van der Waals surface area contributed by atoms with E-state index in [2.05, 4.69) is 15.5 Å². The van der Waals surface area contributed by atoms with Crippen LogP contribution >= 0.6 is 24.8 Å². The van der Waals surface area contributed by atoms with Crippen molar-refractivity contribution in [2.24, 2.45) is 11.7 Å². The minimum Gasteiger partial charge on any atom is -0.381 e. The molecule has 2 aliphatic rings. The number of anilines is 1. The highest BCUT2D eigenvalue weighted by Crippen LogP contribution is 2.19. The summed E-state index contributed by atoms with van der Waals surface area (Å²) < 4.78 is 5.31. The van der Waals surface area contributed by atoms with Crippen molar-refractivity contribution in [2.45, 2.75) is 31.7 Å². The largest absolute Gasteiger partial charge is 0.381 e. The van der Waals surface area contributed by atoms with E-state index in [0.717, 1.165) is 32.5 Å². The van der Waals surface area contributed by atoms with Crippen LogP contribution in [0.1, 0.15) is 36.0 Å². The zero-order valence-corrected chi connectivity index (χ0v) is 18.2. The van der Waals surface area contributed by atoms with E-state index >= 15 is 0 Å². The molecule has 0 aromatic heterocycles. The smallest absolute Gasteiger partial charge is 0.251 e. The number of halogens is 2. The van der Waals surface area contributed by atoms with Crippen molar-refractivity contribution in [3.05, 3.63) is 29.8 Å². The van der Waals surface area contributed by atoms with E-state index in [0.29, 0.717) is 31.0 Å². The molecule has 2 heterocycles. The maximum Gasteiger partial charge on any atom is 0.251 e. The lowest BCUT2D eigenvalue weighted by Crippen LogP contribution is -2.44. The van der Waals surface area contributed by atoms with E-state index in [9.17, 15) is 9.59 Å². The molecule has 0 spiro atoms. The molecule has 0 bridgehead atoms. The summed E-state index contributed by atoms with van der Waals surface area (Å²) in [5, 5.41) is 5.79. The molecule has 2 fully saturated rings. The number of rotatable bonds is 7. The number of amides is 2. The van der Waals surface area contributed by atoms with Crippen molar-refractivity contribution in [2.75, 3.05) is 44.7 Å². The van der Waals surface area contributed by atoms with E-state index in [4.69, 9.17) is 10.5 Å². The molecule has 1 aromatic rings. The molecule has 1 unspecified atom stereocenters. The van der Waals surface area contributed by atoms with Gasteiger partial charge in [0, 0.05) is 37.6 Å². The number of nitrogens with one attached hydrogen (secondary N) is 2. The van der Waals surface area contributed by atoms with Crippen LogP contribution < -0.4 is 16.4 Å². The molecule has 0 saturated carbocycles. The van der Waals surface area contributed by atoms with Gasteiger partial charge in [0.05, 0.1) is 6.04 Å². The second kappa shape index (κ2) is 13.0. The summed E-state index contributed by atoms with van der Waals surface area (Å²) in [6.07, 6.45) is 4.12.